The summed E-state index contributed by atoms with van der Waals surface area (Å²) >= 11 is 0. The van der Waals surface area contributed by atoms with Crippen molar-refractivity contribution >= 4 is 0 Å². The lowest BCUT2D eigenvalue weighted by molar-refractivity contribution is 0.851. The second-order valence-electron chi connectivity index (χ2n) is 3.98. The summed E-state index contributed by atoms with van der Waals surface area (Å²) in [5.41, 5.74) is 2.82. The third-order valence-corrected chi connectivity index (χ3v) is 2.50. The van der Waals surface area contributed by atoms with Gasteiger partial charge in [0.2, 0.25) is 0 Å². The standard InChI is InChI=1S/C11H15N/c1-8(2)10-5-11(7-12-6-10)9-3-4-9/h5-9H,3-4H2,1-2H3. The molecule has 0 bridgehead atoms. The zero-order valence-corrected chi connectivity index (χ0v) is 7.75. The van der Waals surface area contributed by atoms with Crippen molar-refractivity contribution in [2.45, 2.75) is 38.5 Å². The van der Waals surface area contributed by atoms with Gasteiger partial charge in [0.05, 0.1) is 0 Å². The number of hydrogen-bond acceptors (Lipinski definition) is 1. The summed E-state index contributed by atoms with van der Waals surface area (Å²) in [4.78, 5) is 4.27. The fourth-order valence-corrected chi connectivity index (χ4v) is 1.43. The van der Waals surface area contributed by atoms with E-state index >= 15 is 0 Å². The summed E-state index contributed by atoms with van der Waals surface area (Å²) in [5, 5.41) is 0. The number of hydrogen-bond donors (Lipinski definition) is 0. The van der Waals surface area contributed by atoms with Crippen molar-refractivity contribution in [3.63, 3.8) is 0 Å². The molecule has 64 valence electrons. The molecule has 1 aliphatic carbocycles. The Balaban J connectivity index is 2.26. The van der Waals surface area contributed by atoms with E-state index in [1.165, 1.54) is 24.0 Å². The van der Waals surface area contributed by atoms with E-state index < -0.39 is 0 Å². The van der Waals surface area contributed by atoms with Crippen LogP contribution in [0.5, 0.6) is 0 Å². The number of pyridine rings is 1. The normalized spacial score (nSPS) is 16.9. The molecule has 0 radical (unpaired) electrons. The van der Waals surface area contributed by atoms with Gasteiger partial charge >= 0.3 is 0 Å². The third kappa shape index (κ3) is 1.50. The van der Waals surface area contributed by atoms with Crippen molar-refractivity contribution in [1.29, 1.82) is 0 Å². The Hall–Kier alpha value is -0.850. The van der Waals surface area contributed by atoms with Crippen LogP contribution >= 0.6 is 0 Å². The van der Waals surface area contributed by atoms with Crippen molar-refractivity contribution in [2.24, 2.45) is 0 Å². The molecule has 2 rings (SSSR count). The predicted molar refractivity (Wildman–Crippen MR) is 50.3 cm³/mol. The highest BCUT2D eigenvalue weighted by Gasteiger charge is 2.23. The maximum Gasteiger partial charge on any atom is 0.0302 e. The Kier molecular flexibility index (Phi) is 1.87. The highest BCUT2D eigenvalue weighted by molar-refractivity contribution is 5.26. The molecule has 0 aliphatic heterocycles. The molecule has 0 amide bonds. The molecule has 0 aromatic carbocycles. The number of nitrogens with zero attached hydrogens (tertiary/aromatic N) is 1. The van der Waals surface area contributed by atoms with Crippen LogP contribution in [0.2, 0.25) is 0 Å². The van der Waals surface area contributed by atoms with Gasteiger partial charge in [-0.2, -0.15) is 0 Å². The van der Waals surface area contributed by atoms with Crippen molar-refractivity contribution in [3.8, 4) is 0 Å². The second-order valence-corrected chi connectivity index (χ2v) is 3.98. The van der Waals surface area contributed by atoms with E-state index in [2.05, 4.69) is 24.9 Å². The van der Waals surface area contributed by atoms with Gasteiger partial charge < -0.3 is 0 Å². The minimum atomic E-state index is 0.608. The first kappa shape index (κ1) is 7.78. The second kappa shape index (κ2) is 2.89. The zero-order chi connectivity index (χ0) is 8.55. The summed E-state index contributed by atoms with van der Waals surface area (Å²) in [7, 11) is 0. The Morgan fingerprint density at radius 2 is 2.08 bits per heavy atom. The van der Waals surface area contributed by atoms with Crippen molar-refractivity contribution in [2.75, 3.05) is 0 Å². The van der Waals surface area contributed by atoms with Crippen LogP contribution < -0.4 is 0 Å². The van der Waals surface area contributed by atoms with Gasteiger partial charge in [-0.05, 0) is 35.8 Å². The Morgan fingerprint density at radius 1 is 1.33 bits per heavy atom. The highest BCUT2D eigenvalue weighted by Crippen LogP contribution is 2.40. The molecule has 1 aromatic rings. The summed E-state index contributed by atoms with van der Waals surface area (Å²) in [6.45, 7) is 4.43. The zero-order valence-electron chi connectivity index (χ0n) is 7.75. The molecule has 0 spiro atoms. The van der Waals surface area contributed by atoms with Crippen LogP contribution in [0.15, 0.2) is 18.5 Å². The van der Waals surface area contributed by atoms with Gasteiger partial charge in [0.1, 0.15) is 0 Å². The van der Waals surface area contributed by atoms with E-state index in [0.29, 0.717) is 5.92 Å². The maximum absolute atomic E-state index is 4.27. The molecule has 0 N–H and O–H groups in total. The summed E-state index contributed by atoms with van der Waals surface area (Å²) < 4.78 is 0. The van der Waals surface area contributed by atoms with Gasteiger partial charge in [-0.3, -0.25) is 4.98 Å². The summed E-state index contributed by atoms with van der Waals surface area (Å²) in [6.07, 6.45) is 6.73. The fourth-order valence-electron chi connectivity index (χ4n) is 1.43. The lowest BCUT2D eigenvalue weighted by atomic mass is 10.0. The lowest BCUT2D eigenvalue weighted by Crippen LogP contribution is -1.91. The van der Waals surface area contributed by atoms with E-state index in [-0.39, 0.29) is 0 Å². The first-order chi connectivity index (χ1) is 5.77. The molecule has 0 atom stereocenters. The SMILES string of the molecule is CC(C)c1cncc(C2CC2)c1. The van der Waals surface area contributed by atoms with Crippen molar-refractivity contribution in [3.05, 3.63) is 29.6 Å². The summed E-state index contributed by atoms with van der Waals surface area (Å²) in [6, 6.07) is 2.31. The van der Waals surface area contributed by atoms with Crippen LogP contribution in [0.1, 0.15) is 49.7 Å². The van der Waals surface area contributed by atoms with E-state index in [9.17, 15) is 0 Å². The van der Waals surface area contributed by atoms with Gasteiger partial charge in [0, 0.05) is 12.4 Å². The number of aromatic nitrogens is 1. The largest absolute Gasteiger partial charge is 0.264 e. The van der Waals surface area contributed by atoms with Gasteiger partial charge in [-0.1, -0.05) is 19.9 Å². The van der Waals surface area contributed by atoms with Crippen LogP contribution in [0.4, 0.5) is 0 Å². The smallest absolute Gasteiger partial charge is 0.0302 e. The van der Waals surface area contributed by atoms with Gasteiger partial charge in [-0.15, -0.1) is 0 Å². The molecule has 0 saturated heterocycles. The molecule has 1 nitrogen and oxygen atoms in total. The highest BCUT2D eigenvalue weighted by atomic mass is 14.6. The van der Waals surface area contributed by atoms with Crippen LogP contribution in [0.25, 0.3) is 0 Å². The molecule has 1 fully saturated rings. The van der Waals surface area contributed by atoms with E-state index in [0.717, 1.165) is 5.92 Å². The molecule has 1 heterocycles. The first-order valence-corrected chi connectivity index (χ1v) is 4.72. The van der Waals surface area contributed by atoms with E-state index in [1.54, 1.807) is 0 Å². The van der Waals surface area contributed by atoms with Gasteiger partial charge in [0.25, 0.3) is 0 Å². The summed E-state index contributed by atoms with van der Waals surface area (Å²) in [5.74, 6) is 1.44. The van der Waals surface area contributed by atoms with Crippen LogP contribution in [-0.4, -0.2) is 4.98 Å². The Morgan fingerprint density at radius 3 is 2.67 bits per heavy atom. The van der Waals surface area contributed by atoms with Gasteiger partial charge in [-0.25, -0.2) is 0 Å². The first-order valence-electron chi connectivity index (χ1n) is 4.72. The molecule has 12 heavy (non-hydrogen) atoms. The molecule has 0 unspecified atom stereocenters. The minimum absolute atomic E-state index is 0.608. The van der Waals surface area contributed by atoms with E-state index in [4.69, 9.17) is 0 Å². The quantitative estimate of drug-likeness (QED) is 0.649. The van der Waals surface area contributed by atoms with Crippen LogP contribution in [-0.2, 0) is 0 Å². The Labute approximate surface area is 73.8 Å². The topological polar surface area (TPSA) is 12.9 Å². The van der Waals surface area contributed by atoms with Crippen molar-refractivity contribution in [1.82, 2.24) is 4.98 Å². The minimum Gasteiger partial charge on any atom is -0.264 e. The fraction of sp³-hybridized carbons (Fsp3) is 0.545. The Bertz CT molecular complexity index is 257. The maximum atomic E-state index is 4.27. The van der Waals surface area contributed by atoms with E-state index in [1.807, 2.05) is 12.4 Å². The molecular formula is C11H15N. The number of rotatable bonds is 2. The lowest BCUT2D eigenvalue weighted by Gasteiger charge is -2.05. The average molecular weight is 161 g/mol. The van der Waals surface area contributed by atoms with Crippen LogP contribution in [0.3, 0.4) is 0 Å². The van der Waals surface area contributed by atoms with Crippen LogP contribution in [0, 0.1) is 0 Å². The monoisotopic (exact) mass is 161 g/mol. The third-order valence-electron chi connectivity index (χ3n) is 2.50. The molecule has 1 heteroatoms. The predicted octanol–water partition coefficient (Wildman–Crippen LogP) is 3.08. The molecule has 1 saturated carbocycles. The molecule has 1 aliphatic rings. The van der Waals surface area contributed by atoms with Gasteiger partial charge in [0.15, 0.2) is 0 Å². The van der Waals surface area contributed by atoms with Crippen molar-refractivity contribution < 1.29 is 0 Å². The molecule has 1 aromatic heterocycles. The average Bonchev–Trinajstić information content (AvgIpc) is 2.87. The molecular weight excluding hydrogens is 146 g/mol.